The fourth-order valence-corrected chi connectivity index (χ4v) is 2.49. The third-order valence-electron chi connectivity index (χ3n) is 3.73. The molecule has 1 atom stereocenters. The largest absolute Gasteiger partial charge is 0.341 e. The molecule has 1 N–H and O–H groups in total. The molecule has 0 aromatic heterocycles. The molecule has 1 amide bonds. The van der Waals surface area contributed by atoms with Gasteiger partial charge in [0.15, 0.2) is 0 Å². The number of carbonyl (C=O) groups is 1. The highest BCUT2D eigenvalue weighted by molar-refractivity contribution is 5.83. The van der Waals surface area contributed by atoms with Gasteiger partial charge in [-0.05, 0) is 45.4 Å². The van der Waals surface area contributed by atoms with Crippen LogP contribution in [0.1, 0.15) is 40.0 Å². The normalized spacial score (nSPS) is 20.1. The zero-order valence-electron chi connectivity index (χ0n) is 12.2. The summed E-state index contributed by atoms with van der Waals surface area (Å²) in [5, 5.41) is 3.33. The summed E-state index contributed by atoms with van der Waals surface area (Å²) in [4.78, 5) is 16.5. The maximum absolute atomic E-state index is 12.1. The molecular weight excluding hydrogens is 226 g/mol. The molecule has 18 heavy (non-hydrogen) atoms. The van der Waals surface area contributed by atoms with E-state index in [0.717, 1.165) is 58.5 Å². The third kappa shape index (κ3) is 4.58. The van der Waals surface area contributed by atoms with Crippen molar-refractivity contribution >= 4 is 5.91 Å². The molecular formula is C14H29N3O. The molecule has 0 aromatic carbocycles. The Kier molecular flexibility index (Phi) is 7.28. The van der Waals surface area contributed by atoms with Crippen LogP contribution in [0.5, 0.6) is 0 Å². The Morgan fingerprint density at radius 2 is 2.06 bits per heavy atom. The van der Waals surface area contributed by atoms with Gasteiger partial charge in [-0.25, -0.2) is 0 Å². The first-order valence-electron chi connectivity index (χ1n) is 7.47. The van der Waals surface area contributed by atoms with Gasteiger partial charge in [0, 0.05) is 13.1 Å². The van der Waals surface area contributed by atoms with E-state index in [9.17, 15) is 4.79 Å². The van der Waals surface area contributed by atoms with Gasteiger partial charge in [-0.3, -0.25) is 4.79 Å². The maximum atomic E-state index is 12.1. The number of hydrogen-bond donors (Lipinski definition) is 1. The number of hydrogen-bond acceptors (Lipinski definition) is 3. The molecule has 4 nitrogen and oxygen atoms in total. The van der Waals surface area contributed by atoms with Crippen LogP contribution in [-0.2, 0) is 4.79 Å². The number of nitrogens with zero attached hydrogens (tertiary/aromatic N) is 2. The summed E-state index contributed by atoms with van der Waals surface area (Å²) in [7, 11) is 0. The van der Waals surface area contributed by atoms with Crippen molar-refractivity contribution in [2.45, 2.75) is 46.1 Å². The van der Waals surface area contributed by atoms with Crippen molar-refractivity contribution in [3.8, 4) is 0 Å². The fourth-order valence-electron chi connectivity index (χ4n) is 2.49. The minimum absolute atomic E-state index is 0.0819. The second-order valence-corrected chi connectivity index (χ2v) is 5.00. The molecule has 1 fully saturated rings. The highest BCUT2D eigenvalue weighted by atomic mass is 16.2. The zero-order valence-corrected chi connectivity index (χ0v) is 12.2. The van der Waals surface area contributed by atoms with Crippen LogP contribution in [-0.4, -0.2) is 61.0 Å². The highest BCUT2D eigenvalue weighted by Crippen LogP contribution is 2.11. The van der Waals surface area contributed by atoms with E-state index in [-0.39, 0.29) is 6.04 Å². The minimum atomic E-state index is 0.0819. The van der Waals surface area contributed by atoms with Crippen LogP contribution in [0.15, 0.2) is 0 Å². The van der Waals surface area contributed by atoms with Gasteiger partial charge in [0.25, 0.3) is 0 Å². The van der Waals surface area contributed by atoms with Crippen LogP contribution in [0.3, 0.4) is 0 Å². The second-order valence-electron chi connectivity index (χ2n) is 5.00. The summed E-state index contributed by atoms with van der Waals surface area (Å²) >= 11 is 0. The molecule has 1 saturated heterocycles. The van der Waals surface area contributed by atoms with Crippen molar-refractivity contribution in [1.29, 1.82) is 0 Å². The van der Waals surface area contributed by atoms with Crippen LogP contribution in [0.4, 0.5) is 0 Å². The topological polar surface area (TPSA) is 35.6 Å². The van der Waals surface area contributed by atoms with E-state index in [2.05, 4.69) is 31.0 Å². The average Bonchev–Trinajstić information content (AvgIpc) is 2.73. The third-order valence-corrected chi connectivity index (χ3v) is 3.73. The van der Waals surface area contributed by atoms with Crippen LogP contribution < -0.4 is 5.32 Å². The first-order valence-corrected chi connectivity index (χ1v) is 7.47. The van der Waals surface area contributed by atoms with Gasteiger partial charge in [0.05, 0.1) is 6.04 Å². The lowest BCUT2D eigenvalue weighted by molar-refractivity contribution is -0.129. The van der Waals surface area contributed by atoms with E-state index in [1.165, 1.54) is 0 Å². The molecule has 1 heterocycles. The molecule has 0 bridgehead atoms. The molecule has 1 unspecified atom stereocenters. The zero-order chi connectivity index (χ0) is 13.4. The number of rotatable bonds is 9. The molecule has 1 rings (SSSR count). The number of nitrogens with one attached hydrogen (secondary N) is 1. The summed E-state index contributed by atoms with van der Waals surface area (Å²) in [6.07, 6.45) is 3.16. The Morgan fingerprint density at radius 1 is 1.33 bits per heavy atom. The summed E-state index contributed by atoms with van der Waals surface area (Å²) < 4.78 is 0. The lowest BCUT2D eigenvalue weighted by Crippen LogP contribution is -2.39. The molecule has 4 heteroatoms. The van der Waals surface area contributed by atoms with Crippen molar-refractivity contribution in [3.05, 3.63) is 0 Å². The predicted molar refractivity (Wildman–Crippen MR) is 75.7 cm³/mol. The van der Waals surface area contributed by atoms with Gasteiger partial charge in [0.2, 0.25) is 5.91 Å². The average molecular weight is 255 g/mol. The maximum Gasteiger partial charge on any atom is 0.239 e. The van der Waals surface area contributed by atoms with Crippen molar-refractivity contribution in [3.63, 3.8) is 0 Å². The van der Waals surface area contributed by atoms with E-state index < -0.39 is 0 Å². The van der Waals surface area contributed by atoms with E-state index in [4.69, 9.17) is 0 Å². The Balaban J connectivity index is 2.22. The van der Waals surface area contributed by atoms with Crippen LogP contribution in [0, 0.1) is 0 Å². The van der Waals surface area contributed by atoms with E-state index in [1.807, 2.05) is 4.90 Å². The molecule has 0 aliphatic carbocycles. The lowest BCUT2D eigenvalue weighted by atomic mass is 10.2. The molecule has 106 valence electrons. The molecule has 0 saturated carbocycles. The standard InChI is InChI=1S/C14H29N3O/c1-4-9-15-13-8-12-17(14(13)18)11-7-10-16(5-2)6-3/h13,15H,4-12H2,1-3H3. The van der Waals surface area contributed by atoms with Gasteiger partial charge in [-0.1, -0.05) is 20.8 Å². The van der Waals surface area contributed by atoms with Crippen molar-refractivity contribution in [2.75, 3.05) is 39.3 Å². The smallest absolute Gasteiger partial charge is 0.239 e. The number of likely N-dealkylation sites (tertiary alicyclic amines) is 1. The molecule has 0 radical (unpaired) electrons. The molecule has 1 aliphatic rings. The Labute approximate surface area is 112 Å². The van der Waals surface area contributed by atoms with Gasteiger partial charge in [0.1, 0.15) is 0 Å². The second kappa shape index (κ2) is 8.48. The number of amides is 1. The van der Waals surface area contributed by atoms with Gasteiger partial charge in [-0.15, -0.1) is 0 Å². The Morgan fingerprint density at radius 3 is 2.67 bits per heavy atom. The number of carbonyl (C=O) groups excluding carboxylic acids is 1. The van der Waals surface area contributed by atoms with Crippen molar-refractivity contribution in [1.82, 2.24) is 15.1 Å². The van der Waals surface area contributed by atoms with Crippen molar-refractivity contribution < 1.29 is 4.79 Å². The fraction of sp³-hybridized carbons (Fsp3) is 0.929. The quantitative estimate of drug-likeness (QED) is 0.675. The van der Waals surface area contributed by atoms with E-state index >= 15 is 0 Å². The Bertz CT molecular complexity index is 241. The van der Waals surface area contributed by atoms with Crippen LogP contribution >= 0.6 is 0 Å². The Hall–Kier alpha value is -0.610. The minimum Gasteiger partial charge on any atom is -0.341 e. The van der Waals surface area contributed by atoms with Crippen LogP contribution in [0.2, 0.25) is 0 Å². The molecule has 0 aromatic rings. The predicted octanol–water partition coefficient (Wildman–Crippen LogP) is 1.32. The van der Waals surface area contributed by atoms with Gasteiger partial charge in [-0.2, -0.15) is 0 Å². The molecule has 1 aliphatic heterocycles. The van der Waals surface area contributed by atoms with Crippen molar-refractivity contribution in [2.24, 2.45) is 0 Å². The summed E-state index contributed by atoms with van der Waals surface area (Å²) in [6.45, 7) is 12.6. The monoisotopic (exact) mass is 255 g/mol. The van der Waals surface area contributed by atoms with Gasteiger partial charge >= 0.3 is 0 Å². The SMILES string of the molecule is CCCNC1CCN(CCCN(CC)CC)C1=O. The lowest BCUT2D eigenvalue weighted by Gasteiger charge is -2.21. The summed E-state index contributed by atoms with van der Waals surface area (Å²) in [5.74, 6) is 0.308. The highest BCUT2D eigenvalue weighted by Gasteiger charge is 2.30. The first kappa shape index (κ1) is 15.4. The summed E-state index contributed by atoms with van der Waals surface area (Å²) in [6, 6.07) is 0.0819. The van der Waals surface area contributed by atoms with E-state index in [1.54, 1.807) is 0 Å². The first-order chi connectivity index (χ1) is 8.72. The summed E-state index contributed by atoms with van der Waals surface area (Å²) in [5.41, 5.74) is 0. The van der Waals surface area contributed by atoms with E-state index in [0.29, 0.717) is 5.91 Å². The van der Waals surface area contributed by atoms with Crippen LogP contribution in [0.25, 0.3) is 0 Å². The van der Waals surface area contributed by atoms with Gasteiger partial charge < -0.3 is 15.1 Å². The molecule has 0 spiro atoms.